The number of nitrogens with two attached hydrogens (primary N) is 1. The van der Waals surface area contributed by atoms with E-state index < -0.39 is 6.03 Å². The van der Waals surface area contributed by atoms with Crippen molar-refractivity contribution in [3.8, 4) is 0 Å². The van der Waals surface area contributed by atoms with Gasteiger partial charge in [-0.3, -0.25) is 9.97 Å². The Morgan fingerprint density at radius 1 is 1.50 bits per heavy atom. The van der Waals surface area contributed by atoms with E-state index in [-0.39, 0.29) is 0 Å². The number of aryl methyl sites for hydroxylation is 1. The van der Waals surface area contributed by atoms with Crippen molar-refractivity contribution in [3.05, 3.63) is 23.8 Å². The van der Waals surface area contributed by atoms with Gasteiger partial charge < -0.3 is 5.73 Å². The molecule has 0 aromatic carbocycles. The zero-order valence-corrected chi connectivity index (χ0v) is 7.98. The van der Waals surface area contributed by atoms with Crippen molar-refractivity contribution >= 4 is 11.7 Å². The molecule has 0 atom stereocenters. The van der Waals surface area contributed by atoms with Crippen LogP contribution in [0.5, 0.6) is 0 Å². The van der Waals surface area contributed by atoms with Crippen LogP contribution >= 0.6 is 0 Å². The van der Waals surface area contributed by atoms with E-state index in [0.717, 1.165) is 5.69 Å². The molecular formula is C8H11N5O. The smallest absolute Gasteiger partial charge is 0.332 e. The lowest BCUT2D eigenvalue weighted by Crippen LogP contribution is -2.25. The van der Waals surface area contributed by atoms with Crippen molar-refractivity contribution in [1.29, 1.82) is 0 Å². The van der Waals surface area contributed by atoms with Crippen molar-refractivity contribution in [2.75, 3.05) is 0 Å². The van der Waals surface area contributed by atoms with Crippen molar-refractivity contribution < 1.29 is 4.79 Å². The topological polar surface area (TPSA) is 93.3 Å². The van der Waals surface area contributed by atoms with Gasteiger partial charge in [0.25, 0.3) is 0 Å². The van der Waals surface area contributed by atoms with E-state index in [1.165, 1.54) is 0 Å². The molecule has 0 radical (unpaired) electrons. The molecule has 0 bridgehead atoms. The molecule has 74 valence electrons. The molecule has 1 rings (SSSR count). The quantitative estimate of drug-likeness (QED) is 0.518. The van der Waals surface area contributed by atoms with Crippen LogP contribution in [0.25, 0.3) is 0 Å². The summed E-state index contributed by atoms with van der Waals surface area (Å²) in [5.41, 5.74) is 8.95. The summed E-state index contributed by atoms with van der Waals surface area (Å²) in [7, 11) is 0. The zero-order valence-electron chi connectivity index (χ0n) is 7.98. The van der Waals surface area contributed by atoms with Gasteiger partial charge in [0.2, 0.25) is 0 Å². The first-order valence-electron chi connectivity index (χ1n) is 3.99. The molecule has 1 aromatic heterocycles. The number of amides is 2. The fourth-order valence-electron chi connectivity index (χ4n) is 0.955. The molecule has 0 unspecified atom stereocenters. The lowest BCUT2D eigenvalue weighted by Gasteiger charge is -2.01. The summed E-state index contributed by atoms with van der Waals surface area (Å²) in [6.07, 6.45) is 3.15. The summed E-state index contributed by atoms with van der Waals surface area (Å²) in [5, 5.41) is 3.74. The molecule has 0 aliphatic heterocycles. The van der Waals surface area contributed by atoms with E-state index >= 15 is 0 Å². The van der Waals surface area contributed by atoms with Gasteiger partial charge in [-0.25, -0.2) is 10.2 Å². The molecule has 1 aromatic rings. The molecule has 3 N–H and O–H groups in total. The Labute approximate surface area is 81.2 Å². The number of hydrogen-bond donors (Lipinski definition) is 2. The fourth-order valence-corrected chi connectivity index (χ4v) is 0.955. The first-order chi connectivity index (χ1) is 6.61. The predicted octanol–water partition coefficient (Wildman–Crippen LogP) is 0.177. The highest BCUT2D eigenvalue weighted by atomic mass is 16.2. The van der Waals surface area contributed by atoms with Crippen LogP contribution in [0.1, 0.15) is 18.3 Å². The first-order valence-corrected chi connectivity index (χ1v) is 3.99. The summed E-state index contributed by atoms with van der Waals surface area (Å²) in [5.74, 6) is 0. The van der Waals surface area contributed by atoms with Crippen LogP contribution in [0.4, 0.5) is 4.79 Å². The molecule has 0 aliphatic rings. The number of carbonyl (C=O) groups excluding carboxylic acids is 1. The number of nitrogens with zero attached hydrogens (tertiary/aromatic N) is 3. The number of hydrogen-bond acceptors (Lipinski definition) is 4. The van der Waals surface area contributed by atoms with E-state index in [9.17, 15) is 4.79 Å². The van der Waals surface area contributed by atoms with Crippen LogP contribution in [-0.2, 0) is 0 Å². The SMILES string of the molecule is CC(=NNC(N)=O)c1nccnc1C. The standard InChI is InChI=1S/C8H11N5O/c1-5-7(11-4-3-10-5)6(2)12-13-8(9)14/h3-4H,1-2H3,(H3,9,13,14). The van der Waals surface area contributed by atoms with Crippen molar-refractivity contribution in [2.45, 2.75) is 13.8 Å². The zero-order chi connectivity index (χ0) is 10.6. The summed E-state index contributed by atoms with van der Waals surface area (Å²) >= 11 is 0. The van der Waals surface area contributed by atoms with E-state index in [2.05, 4.69) is 20.5 Å². The minimum absolute atomic E-state index is 0.564. The molecule has 6 heteroatoms. The Kier molecular flexibility index (Phi) is 3.11. The number of urea groups is 1. The number of primary amides is 1. The minimum Gasteiger partial charge on any atom is -0.350 e. The molecule has 0 aliphatic carbocycles. The van der Waals surface area contributed by atoms with Gasteiger partial charge in [0.15, 0.2) is 0 Å². The second-order valence-corrected chi connectivity index (χ2v) is 2.66. The van der Waals surface area contributed by atoms with Gasteiger partial charge in [-0.2, -0.15) is 5.10 Å². The second kappa shape index (κ2) is 4.31. The third kappa shape index (κ3) is 2.51. The van der Waals surface area contributed by atoms with Crippen LogP contribution < -0.4 is 11.2 Å². The van der Waals surface area contributed by atoms with E-state index in [1.807, 2.05) is 6.92 Å². The highest BCUT2D eigenvalue weighted by Crippen LogP contribution is 2.00. The third-order valence-electron chi connectivity index (χ3n) is 1.56. The molecule has 0 saturated heterocycles. The van der Waals surface area contributed by atoms with Gasteiger partial charge in [-0.15, -0.1) is 0 Å². The highest BCUT2D eigenvalue weighted by molar-refractivity contribution is 5.98. The molecule has 1 heterocycles. The molecular weight excluding hydrogens is 182 g/mol. The monoisotopic (exact) mass is 193 g/mol. The number of aromatic nitrogens is 2. The van der Waals surface area contributed by atoms with Gasteiger partial charge in [-0.1, -0.05) is 0 Å². The molecule has 2 amide bonds. The number of carbonyl (C=O) groups is 1. The molecule has 0 fully saturated rings. The average molecular weight is 193 g/mol. The van der Waals surface area contributed by atoms with Gasteiger partial charge in [0.1, 0.15) is 5.69 Å². The van der Waals surface area contributed by atoms with Crippen LogP contribution in [0.15, 0.2) is 17.5 Å². The molecule has 14 heavy (non-hydrogen) atoms. The fraction of sp³-hybridized carbons (Fsp3) is 0.250. The lowest BCUT2D eigenvalue weighted by atomic mass is 10.2. The maximum absolute atomic E-state index is 10.4. The predicted molar refractivity (Wildman–Crippen MR) is 51.7 cm³/mol. The van der Waals surface area contributed by atoms with Crippen molar-refractivity contribution in [1.82, 2.24) is 15.4 Å². The van der Waals surface area contributed by atoms with E-state index in [4.69, 9.17) is 5.73 Å². The van der Waals surface area contributed by atoms with Crippen LogP contribution in [0.3, 0.4) is 0 Å². The second-order valence-electron chi connectivity index (χ2n) is 2.66. The number of hydrazone groups is 1. The van der Waals surface area contributed by atoms with Gasteiger partial charge >= 0.3 is 6.03 Å². The molecule has 0 saturated carbocycles. The Morgan fingerprint density at radius 2 is 2.14 bits per heavy atom. The van der Waals surface area contributed by atoms with Crippen molar-refractivity contribution in [2.24, 2.45) is 10.8 Å². The normalized spacial score (nSPS) is 11.1. The Bertz CT molecular complexity index is 374. The van der Waals surface area contributed by atoms with Crippen LogP contribution in [0.2, 0.25) is 0 Å². The van der Waals surface area contributed by atoms with Gasteiger partial charge in [-0.05, 0) is 13.8 Å². The van der Waals surface area contributed by atoms with E-state index in [1.54, 1.807) is 19.3 Å². The Balaban J connectivity index is 2.89. The summed E-state index contributed by atoms with van der Waals surface area (Å²) < 4.78 is 0. The third-order valence-corrected chi connectivity index (χ3v) is 1.56. The van der Waals surface area contributed by atoms with Crippen molar-refractivity contribution in [3.63, 3.8) is 0 Å². The van der Waals surface area contributed by atoms with Gasteiger partial charge in [0.05, 0.1) is 11.4 Å². The summed E-state index contributed by atoms with van der Waals surface area (Å²) in [6, 6.07) is -0.703. The first kappa shape index (κ1) is 10.1. The largest absolute Gasteiger partial charge is 0.350 e. The Morgan fingerprint density at radius 3 is 2.71 bits per heavy atom. The van der Waals surface area contributed by atoms with E-state index in [0.29, 0.717) is 11.4 Å². The van der Waals surface area contributed by atoms with Gasteiger partial charge in [0, 0.05) is 12.4 Å². The number of rotatable bonds is 2. The van der Waals surface area contributed by atoms with Crippen LogP contribution in [0, 0.1) is 6.92 Å². The Hall–Kier alpha value is -1.98. The molecule has 0 spiro atoms. The number of nitrogens with one attached hydrogen (secondary N) is 1. The lowest BCUT2D eigenvalue weighted by molar-refractivity contribution is 0.249. The van der Waals surface area contributed by atoms with Crippen LogP contribution in [-0.4, -0.2) is 21.7 Å². The summed E-state index contributed by atoms with van der Waals surface area (Å²) in [6.45, 7) is 3.53. The average Bonchev–Trinajstić information content (AvgIpc) is 2.15. The maximum atomic E-state index is 10.4. The maximum Gasteiger partial charge on any atom is 0.332 e. The highest BCUT2D eigenvalue weighted by Gasteiger charge is 2.03. The molecule has 6 nitrogen and oxygen atoms in total. The minimum atomic E-state index is -0.703. The summed E-state index contributed by atoms with van der Waals surface area (Å²) in [4.78, 5) is 18.5.